The van der Waals surface area contributed by atoms with Crippen LogP contribution in [0.15, 0.2) is 30.3 Å². The number of benzene rings is 1. The van der Waals surface area contributed by atoms with Crippen LogP contribution in [0.25, 0.3) is 0 Å². The summed E-state index contributed by atoms with van der Waals surface area (Å²) in [6.45, 7) is 6.74. The van der Waals surface area contributed by atoms with Crippen molar-refractivity contribution >= 4 is 18.3 Å². The van der Waals surface area contributed by atoms with Crippen LogP contribution in [0, 0.1) is 17.8 Å². The maximum atomic E-state index is 6.60. The minimum atomic E-state index is -1.75. The average molecular weight is 341 g/mol. The summed E-state index contributed by atoms with van der Waals surface area (Å²) in [4.78, 5) is 3.55. The second-order valence-electron chi connectivity index (χ2n) is 9.36. The molecule has 4 atom stereocenters. The smallest absolute Gasteiger partial charge is 0.443 e. The van der Waals surface area contributed by atoms with Crippen LogP contribution < -0.4 is 4.99 Å². The minimum absolute atomic E-state index is 0.353. The van der Waals surface area contributed by atoms with Crippen LogP contribution in [0.5, 0.6) is 0 Å². The fourth-order valence-corrected chi connectivity index (χ4v) is 5.76. The van der Waals surface area contributed by atoms with Crippen molar-refractivity contribution in [2.45, 2.75) is 64.0 Å². The topological polar surface area (TPSA) is 41.7 Å². The first-order chi connectivity index (χ1) is 11.8. The van der Waals surface area contributed by atoms with Crippen molar-refractivity contribution in [3.05, 3.63) is 30.3 Å². The molecule has 5 rings (SSSR count). The fraction of sp³-hybridized carbons (Fsp3) is 0.650. The van der Waals surface area contributed by atoms with E-state index in [0.29, 0.717) is 23.6 Å². The number of fused-ring (bicyclic) bond motifs is 6. The van der Waals surface area contributed by atoms with Crippen molar-refractivity contribution in [3.63, 3.8) is 0 Å². The molecule has 0 aromatic heterocycles. The Labute approximate surface area is 150 Å². The molecule has 2 saturated heterocycles. The largest absolute Gasteiger partial charge is 0.624 e. The second kappa shape index (κ2) is 4.89. The summed E-state index contributed by atoms with van der Waals surface area (Å²) in [5.41, 5.74) is 0.353. The molecule has 2 aliphatic carbocycles. The van der Waals surface area contributed by atoms with E-state index in [4.69, 9.17) is 14.0 Å². The van der Waals surface area contributed by atoms with Gasteiger partial charge in [0.2, 0.25) is 5.69 Å². The highest BCUT2D eigenvalue weighted by Gasteiger charge is 2.70. The lowest BCUT2D eigenvalue weighted by atomic mass is 9.55. The van der Waals surface area contributed by atoms with Crippen LogP contribution in [0.4, 0.5) is 5.69 Å². The van der Waals surface area contributed by atoms with Crippen LogP contribution in [-0.4, -0.2) is 23.9 Å². The van der Waals surface area contributed by atoms with E-state index in [1.54, 1.807) is 0 Å². The Morgan fingerprint density at radius 3 is 2.28 bits per heavy atom. The Morgan fingerprint density at radius 1 is 0.960 bits per heavy atom. The van der Waals surface area contributed by atoms with E-state index < -0.39 is 6.75 Å². The molecule has 0 radical (unpaired) electrons. The molecule has 25 heavy (non-hydrogen) atoms. The Hall–Kier alpha value is -1.33. The lowest BCUT2D eigenvalue weighted by molar-refractivity contribution is -0.368. The first kappa shape index (κ1) is 15.9. The van der Waals surface area contributed by atoms with E-state index >= 15 is 0 Å². The van der Waals surface area contributed by atoms with Gasteiger partial charge in [0, 0.05) is 23.3 Å². The van der Waals surface area contributed by atoms with Crippen LogP contribution in [0.2, 0.25) is 5.82 Å². The van der Waals surface area contributed by atoms with Gasteiger partial charge in [0.1, 0.15) is 0 Å². The van der Waals surface area contributed by atoms with Crippen molar-refractivity contribution in [3.8, 4) is 0 Å². The molecule has 2 bridgehead atoms. The molecule has 1 N–H and O–H groups in total. The van der Waals surface area contributed by atoms with E-state index in [1.807, 2.05) is 18.2 Å². The molecular weight excluding hydrogens is 313 g/mol. The zero-order valence-electron chi connectivity index (χ0n) is 15.6. The molecule has 4 nitrogen and oxygen atoms in total. The van der Waals surface area contributed by atoms with Gasteiger partial charge in [-0.1, -0.05) is 36.4 Å². The third-order valence-electron chi connectivity index (χ3n) is 7.46. The number of hydrogen-bond acceptors (Lipinski definition) is 3. The van der Waals surface area contributed by atoms with Crippen molar-refractivity contribution in [1.82, 2.24) is 0 Å². The zero-order valence-corrected chi connectivity index (χ0v) is 15.6. The number of rotatable bonds is 1. The summed E-state index contributed by atoms with van der Waals surface area (Å²) in [6, 6.07) is 10.3. The van der Waals surface area contributed by atoms with Crippen LogP contribution >= 0.6 is 0 Å². The van der Waals surface area contributed by atoms with Gasteiger partial charge in [-0.15, -0.1) is 0 Å². The van der Waals surface area contributed by atoms with Gasteiger partial charge < -0.3 is 14.0 Å². The van der Waals surface area contributed by atoms with Crippen LogP contribution in [0.1, 0.15) is 47.0 Å². The molecule has 1 aromatic rings. The van der Waals surface area contributed by atoms with Gasteiger partial charge in [-0.05, 0) is 46.5 Å². The van der Waals surface area contributed by atoms with Crippen molar-refractivity contribution < 1.29 is 19.0 Å². The van der Waals surface area contributed by atoms with Gasteiger partial charge in [0.05, 0.1) is 5.92 Å². The summed E-state index contributed by atoms with van der Waals surface area (Å²) in [6.07, 6.45) is 3.87. The molecule has 0 unspecified atom stereocenters. The highest BCUT2D eigenvalue weighted by Crippen LogP contribution is 2.65. The summed E-state index contributed by atoms with van der Waals surface area (Å²) in [5.74, 6) is 3.09. The van der Waals surface area contributed by atoms with E-state index in [9.17, 15) is 0 Å². The van der Waals surface area contributed by atoms with Gasteiger partial charge in [0.25, 0.3) is 5.90 Å². The number of para-hydroxylation sites is 1. The molecule has 2 saturated carbocycles. The number of nitrogens with one attached hydrogen (secondary N) is 1. The third kappa shape index (κ3) is 2.12. The van der Waals surface area contributed by atoms with Crippen LogP contribution in [0.3, 0.4) is 0 Å². The summed E-state index contributed by atoms with van der Waals surface area (Å²) >= 11 is 0. The van der Waals surface area contributed by atoms with E-state index in [2.05, 4.69) is 44.8 Å². The fourth-order valence-electron chi connectivity index (χ4n) is 5.76. The molecule has 5 heteroatoms. The average Bonchev–Trinajstić information content (AvgIpc) is 3.24. The molecule has 4 fully saturated rings. The summed E-state index contributed by atoms with van der Waals surface area (Å²) < 4.78 is 19.8. The van der Waals surface area contributed by atoms with Gasteiger partial charge >= 0.3 is 6.75 Å². The van der Waals surface area contributed by atoms with Gasteiger partial charge in [-0.25, -0.2) is 0 Å². The lowest BCUT2D eigenvalue weighted by Gasteiger charge is -2.38. The summed E-state index contributed by atoms with van der Waals surface area (Å²) in [5, 5.41) is 0. The van der Waals surface area contributed by atoms with Crippen molar-refractivity contribution in [1.29, 1.82) is 0 Å². The second-order valence-corrected chi connectivity index (χ2v) is 9.36. The van der Waals surface area contributed by atoms with E-state index in [-0.39, 0.29) is 11.2 Å². The van der Waals surface area contributed by atoms with Crippen molar-refractivity contribution in [2.75, 3.05) is 0 Å². The van der Waals surface area contributed by atoms with Crippen LogP contribution in [-0.2, 0) is 14.0 Å². The predicted octanol–water partition coefficient (Wildman–Crippen LogP) is 2.79. The molecule has 134 valence electrons. The first-order valence-corrected chi connectivity index (χ1v) is 9.74. The molecule has 1 aromatic carbocycles. The van der Waals surface area contributed by atoms with Gasteiger partial charge in [0.15, 0.2) is 0 Å². The highest BCUT2D eigenvalue weighted by atomic mass is 16.8. The normalized spacial score (nSPS) is 40.6. The highest BCUT2D eigenvalue weighted by molar-refractivity contribution is 6.67. The minimum Gasteiger partial charge on any atom is -0.624 e. The molecule has 1 spiro atoms. The Bertz CT molecular complexity index is 714. The van der Waals surface area contributed by atoms with Gasteiger partial charge in [-0.3, -0.25) is 0 Å². The van der Waals surface area contributed by atoms with E-state index in [1.165, 1.54) is 19.3 Å². The molecule has 2 heterocycles. The monoisotopic (exact) mass is 341 g/mol. The maximum Gasteiger partial charge on any atom is 0.443 e. The zero-order chi connectivity index (χ0) is 17.4. The first-order valence-electron chi connectivity index (χ1n) is 9.74. The molecule has 2 aliphatic heterocycles. The molecule has 0 amide bonds. The third-order valence-corrected chi connectivity index (χ3v) is 7.46. The number of hydrogen-bond donors (Lipinski definition) is 1. The van der Waals surface area contributed by atoms with E-state index in [0.717, 1.165) is 11.6 Å². The standard InChI is InChI=1S/C20H27BNO3/c1-19(2)20(3,4)25-21(24-19)17-14-11-10-13(12-14)16(17)18(23-21)22-15-8-6-5-7-9-15/h5-9,13-14,16-17H,10-12H2,1-4H3/q-1/p+1/t13-,14+,16+,17-/m0/s1. The Kier molecular flexibility index (Phi) is 3.11. The predicted molar refractivity (Wildman–Crippen MR) is 97.3 cm³/mol. The quantitative estimate of drug-likeness (QED) is 0.799. The molecule has 4 aliphatic rings. The summed E-state index contributed by atoms with van der Waals surface area (Å²) in [7, 11) is 0. The lowest BCUT2D eigenvalue weighted by Crippen LogP contribution is -2.68. The molecular formula is C20H28BNO3. The Morgan fingerprint density at radius 2 is 1.60 bits per heavy atom. The maximum absolute atomic E-state index is 6.60. The SMILES string of the molecule is CC1(C)O[B-]2(OC(=[NH+]c3ccccc3)[C@@H]3[C@H]4CC[C@H](C4)[C@@H]32)OC1(C)C. The van der Waals surface area contributed by atoms with Gasteiger partial charge in [-0.2, -0.15) is 4.99 Å². The Balaban J connectivity index is 1.58. The van der Waals surface area contributed by atoms with Crippen molar-refractivity contribution in [2.24, 2.45) is 17.8 Å².